The van der Waals surface area contributed by atoms with Gasteiger partial charge in [-0.2, -0.15) is 0 Å². The van der Waals surface area contributed by atoms with Crippen LogP contribution < -0.4 is 9.47 Å². The smallest absolute Gasteiger partial charge is 0.347 e. The van der Waals surface area contributed by atoms with E-state index < -0.39 is 34.7 Å². The van der Waals surface area contributed by atoms with E-state index in [1.54, 1.807) is 12.1 Å². The second-order valence-electron chi connectivity index (χ2n) is 4.71. The molecule has 0 unspecified atom stereocenters. The van der Waals surface area contributed by atoms with E-state index >= 15 is 0 Å². The molecule has 5 nitrogen and oxygen atoms in total. The Morgan fingerprint density at radius 2 is 1.80 bits per heavy atom. The Balaban J connectivity index is 2.54. The number of benzene rings is 2. The van der Waals surface area contributed by atoms with Gasteiger partial charge in [-0.05, 0) is 52.4 Å². The molecule has 8 heteroatoms. The molecule has 0 heterocycles. The lowest BCUT2D eigenvalue weighted by atomic mass is 10.1. The molecule has 2 aromatic carbocycles. The van der Waals surface area contributed by atoms with Crippen LogP contribution in [0.1, 0.15) is 26.3 Å². The van der Waals surface area contributed by atoms with Gasteiger partial charge in [0.2, 0.25) is 0 Å². The first kappa shape index (κ1) is 18.8. The van der Waals surface area contributed by atoms with Gasteiger partial charge in [0.05, 0.1) is 10.7 Å². The average molecular weight is 460 g/mol. The van der Waals surface area contributed by atoms with Crippen LogP contribution in [0.25, 0.3) is 6.08 Å². The summed E-state index contributed by atoms with van der Waals surface area (Å²) in [5.41, 5.74) is -1.41. The SMILES string of the molecule is C=Cc1cc(I)c(OC(=O)c2c(F)ccc(F)c2C(=O)O)c(OC)c1. The fourth-order valence-corrected chi connectivity index (χ4v) is 2.80. The summed E-state index contributed by atoms with van der Waals surface area (Å²) in [7, 11) is 1.33. The number of carbonyl (C=O) groups is 2. The number of carboxylic acids is 1. The third kappa shape index (κ3) is 3.78. The second kappa shape index (κ2) is 7.60. The van der Waals surface area contributed by atoms with Crippen molar-refractivity contribution in [1.29, 1.82) is 0 Å². The van der Waals surface area contributed by atoms with E-state index in [9.17, 15) is 18.4 Å². The van der Waals surface area contributed by atoms with E-state index in [0.717, 1.165) is 0 Å². The first-order valence-corrected chi connectivity index (χ1v) is 7.81. The lowest BCUT2D eigenvalue weighted by Crippen LogP contribution is -2.18. The molecular formula is C17H11F2IO5. The quantitative estimate of drug-likeness (QED) is 0.413. The predicted octanol–water partition coefficient (Wildman–Crippen LogP) is 4.14. The van der Waals surface area contributed by atoms with E-state index in [0.29, 0.717) is 21.3 Å². The first-order valence-electron chi connectivity index (χ1n) is 6.73. The molecule has 0 saturated heterocycles. The van der Waals surface area contributed by atoms with Crippen molar-refractivity contribution in [3.05, 3.63) is 62.7 Å². The van der Waals surface area contributed by atoms with Gasteiger partial charge in [-0.25, -0.2) is 18.4 Å². The number of aromatic carboxylic acids is 1. The van der Waals surface area contributed by atoms with Gasteiger partial charge in [-0.15, -0.1) is 0 Å². The number of carbonyl (C=O) groups excluding carboxylic acids is 1. The molecular weight excluding hydrogens is 449 g/mol. The summed E-state index contributed by atoms with van der Waals surface area (Å²) in [5, 5.41) is 9.06. The van der Waals surface area contributed by atoms with Crippen LogP contribution in [-0.4, -0.2) is 24.2 Å². The number of carboxylic acid groups (broad SMARTS) is 1. The molecule has 0 fully saturated rings. The maximum absolute atomic E-state index is 14.0. The highest BCUT2D eigenvalue weighted by Crippen LogP contribution is 2.35. The Morgan fingerprint density at radius 3 is 2.32 bits per heavy atom. The van der Waals surface area contributed by atoms with E-state index in [-0.39, 0.29) is 11.5 Å². The molecule has 130 valence electrons. The van der Waals surface area contributed by atoms with Crippen molar-refractivity contribution in [2.45, 2.75) is 0 Å². The summed E-state index contributed by atoms with van der Waals surface area (Å²) >= 11 is 1.86. The fourth-order valence-electron chi connectivity index (χ4n) is 2.06. The van der Waals surface area contributed by atoms with Crippen LogP contribution in [-0.2, 0) is 0 Å². The number of ether oxygens (including phenoxy) is 2. The minimum atomic E-state index is -1.78. The maximum atomic E-state index is 14.0. The van der Waals surface area contributed by atoms with Gasteiger partial charge in [0.25, 0.3) is 0 Å². The number of rotatable bonds is 5. The summed E-state index contributed by atoms with van der Waals surface area (Å²) in [6.07, 6.45) is 1.55. The van der Waals surface area contributed by atoms with Gasteiger partial charge in [0.1, 0.15) is 22.8 Å². The molecule has 0 aliphatic heterocycles. The van der Waals surface area contributed by atoms with E-state index in [1.807, 2.05) is 22.6 Å². The summed E-state index contributed by atoms with van der Waals surface area (Å²) in [6.45, 7) is 3.61. The molecule has 0 spiro atoms. The van der Waals surface area contributed by atoms with Crippen LogP contribution in [0.15, 0.2) is 30.8 Å². The van der Waals surface area contributed by atoms with Gasteiger partial charge < -0.3 is 14.6 Å². The van der Waals surface area contributed by atoms with Crippen molar-refractivity contribution in [2.24, 2.45) is 0 Å². The second-order valence-corrected chi connectivity index (χ2v) is 5.87. The van der Waals surface area contributed by atoms with Crippen molar-refractivity contribution in [1.82, 2.24) is 0 Å². The van der Waals surface area contributed by atoms with Gasteiger partial charge >= 0.3 is 11.9 Å². The van der Waals surface area contributed by atoms with Crippen molar-refractivity contribution < 1.29 is 33.0 Å². The minimum absolute atomic E-state index is 0.0429. The van der Waals surface area contributed by atoms with Crippen molar-refractivity contribution in [3.8, 4) is 11.5 Å². The van der Waals surface area contributed by atoms with Gasteiger partial charge in [-0.1, -0.05) is 12.7 Å². The molecule has 0 aliphatic rings. The summed E-state index contributed by atoms with van der Waals surface area (Å²) in [4.78, 5) is 23.5. The molecule has 0 saturated carbocycles. The normalized spacial score (nSPS) is 10.2. The van der Waals surface area contributed by atoms with Crippen LogP contribution in [0.3, 0.4) is 0 Å². The van der Waals surface area contributed by atoms with Crippen LogP contribution in [0, 0.1) is 15.2 Å². The Bertz CT molecular complexity index is 880. The highest BCUT2D eigenvalue weighted by atomic mass is 127. The zero-order valence-electron chi connectivity index (χ0n) is 12.8. The van der Waals surface area contributed by atoms with E-state index in [4.69, 9.17) is 14.6 Å². The lowest BCUT2D eigenvalue weighted by Gasteiger charge is -2.13. The van der Waals surface area contributed by atoms with Crippen molar-refractivity contribution in [2.75, 3.05) is 7.11 Å². The number of hydrogen-bond acceptors (Lipinski definition) is 4. The zero-order chi connectivity index (χ0) is 18.7. The highest BCUT2D eigenvalue weighted by Gasteiger charge is 2.28. The van der Waals surface area contributed by atoms with Crippen molar-refractivity contribution in [3.63, 3.8) is 0 Å². The molecule has 0 aromatic heterocycles. The highest BCUT2D eigenvalue weighted by molar-refractivity contribution is 14.1. The molecule has 0 aliphatic carbocycles. The standard InChI is InChI=1S/C17H11F2IO5/c1-3-8-6-11(20)15(12(7-8)24-2)25-17(23)14-10(19)5-4-9(18)13(14)16(21)22/h3-7H,1H2,2H3,(H,21,22). The largest absolute Gasteiger partial charge is 0.493 e. The Hall–Kier alpha value is -2.49. The maximum Gasteiger partial charge on any atom is 0.347 e. The fraction of sp³-hybridized carbons (Fsp3) is 0.0588. The third-order valence-electron chi connectivity index (χ3n) is 3.20. The number of esters is 1. The molecule has 2 aromatic rings. The van der Waals surface area contributed by atoms with Crippen LogP contribution in [0.5, 0.6) is 11.5 Å². The Kier molecular flexibility index (Phi) is 5.73. The summed E-state index contributed by atoms with van der Waals surface area (Å²) < 4.78 is 38.3. The average Bonchev–Trinajstić information content (AvgIpc) is 2.57. The van der Waals surface area contributed by atoms with Crippen LogP contribution >= 0.6 is 22.6 Å². The molecule has 1 N–H and O–H groups in total. The van der Waals surface area contributed by atoms with Gasteiger partial charge in [-0.3, -0.25) is 0 Å². The summed E-state index contributed by atoms with van der Waals surface area (Å²) in [5.74, 6) is -5.47. The third-order valence-corrected chi connectivity index (χ3v) is 4.01. The Morgan fingerprint density at radius 1 is 1.20 bits per heavy atom. The summed E-state index contributed by atoms with van der Waals surface area (Å²) in [6, 6.07) is 4.43. The molecule has 0 atom stereocenters. The molecule has 0 bridgehead atoms. The molecule has 0 radical (unpaired) electrons. The molecule has 25 heavy (non-hydrogen) atoms. The van der Waals surface area contributed by atoms with Crippen LogP contribution in [0.4, 0.5) is 8.78 Å². The number of halogens is 3. The topological polar surface area (TPSA) is 72.8 Å². The van der Waals surface area contributed by atoms with Gasteiger partial charge in [0.15, 0.2) is 11.5 Å². The zero-order valence-corrected chi connectivity index (χ0v) is 15.0. The number of hydrogen-bond donors (Lipinski definition) is 1. The molecule has 0 amide bonds. The monoisotopic (exact) mass is 460 g/mol. The van der Waals surface area contributed by atoms with Crippen LogP contribution in [0.2, 0.25) is 0 Å². The number of methoxy groups -OCH3 is 1. The predicted molar refractivity (Wildman–Crippen MR) is 94.1 cm³/mol. The lowest BCUT2D eigenvalue weighted by molar-refractivity contribution is 0.0657. The molecule has 2 rings (SSSR count). The van der Waals surface area contributed by atoms with E-state index in [1.165, 1.54) is 13.2 Å². The minimum Gasteiger partial charge on any atom is -0.493 e. The van der Waals surface area contributed by atoms with Gasteiger partial charge in [0, 0.05) is 0 Å². The van der Waals surface area contributed by atoms with Crippen molar-refractivity contribution >= 4 is 40.6 Å². The Labute approximate surface area is 155 Å². The first-order chi connectivity index (χ1) is 11.8. The van der Waals surface area contributed by atoms with E-state index in [2.05, 4.69) is 6.58 Å².